The Morgan fingerprint density at radius 3 is 2.73 bits per heavy atom. The van der Waals surface area contributed by atoms with Gasteiger partial charge in [0.2, 0.25) is 5.91 Å². The number of piperidine rings is 1. The van der Waals surface area contributed by atoms with E-state index in [4.69, 9.17) is 15.5 Å². The molecule has 2 fully saturated rings. The van der Waals surface area contributed by atoms with E-state index in [-0.39, 0.29) is 17.9 Å². The maximum atomic E-state index is 12.7. The van der Waals surface area contributed by atoms with Crippen LogP contribution in [-0.4, -0.2) is 50.0 Å². The van der Waals surface area contributed by atoms with E-state index in [0.29, 0.717) is 41.7 Å². The number of carbonyl (C=O) groups is 1. The van der Waals surface area contributed by atoms with Gasteiger partial charge in [0, 0.05) is 42.4 Å². The molecule has 0 bridgehead atoms. The smallest absolute Gasteiger partial charge is 0.226 e. The average molecular weight is 550 g/mol. The molecule has 3 N–H and O–H groups in total. The molecule has 0 unspecified atom stereocenters. The van der Waals surface area contributed by atoms with Crippen molar-refractivity contribution in [1.82, 2.24) is 19.3 Å². The number of aliphatic hydroxyl groups is 1. The first-order valence-electron chi connectivity index (χ1n) is 14.5. The molecule has 1 saturated carbocycles. The third-order valence-corrected chi connectivity index (χ3v) is 9.07. The Morgan fingerprint density at radius 2 is 1.93 bits per heavy atom. The average Bonchev–Trinajstić information content (AvgIpc) is 3.77. The van der Waals surface area contributed by atoms with E-state index < -0.39 is 5.60 Å². The van der Waals surface area contributed by atoms with Gasteiger partial charge in [-0.25, -0.2) is 9.97 Å². The maximum Gasteiger partial charge on any atom is 0.226 e. The summed E-state index contributed by atoms with van der Waals surface area (Å²) in [5, 5.41) is 11.8. The number of benzene rings is 2. The molecule has 8 nitrogen and oxygen atoms in total. The lowest BCUT2D eigenvalue weighted by atomic mass is 9.85. The summed E-state index contributed by atoms with van der Waals surface area (Å²) in [5.74, 6) is 2.67. The Morgan fingerprint density at radius 1 is 1.10 bits per heavy atom. The maximum absolute atomic E-state index is 12.7. The number of hydrogen-bond donors (Lipinski definition) is 2. The number of carbonyl (C=O) groups excluding carboxylic acids is 1. The highest BCUT2D eigenvalue weighted by atomic mass is 16.5. The first kappa shape index (κ1) is 25.8. The Kier molecular flexibility index (Phi) is 6.12. The Bertz CT molecular complexity index is 1690. The Hall–Kier alpha value is -4.17. The zero-order chi connectivity index (χ0) is 28.3. The van der Waals surface area contributed by atoms with E-state index in [1.807, 2.05) is 58.8 Å². The molecule has 4 aromatic rings. The van der Waals surface area contributed by atoms with E-state index in [1.165, 1.54) is 18.4 Å². The monoisotopic (exact) mass is 549 g/mol. The summed E-state index contributed by atoms with van der Waals surface area (Å²) >= 11 is 0. The van der Waals surface area contributed by atoms with Gasteiger partial charge in [0.1, 0.15) is 34.2 Å². The van der Waals surface area contributed by atoms with Crippen LogP contribution in [0.3, 0.4) is 0 Å². The second kappa shape index (κ2) is 9.73. The molecule has 1 aliphatic carbocycles. The highest BCUT2D eigenvalue weighted by Gasteiger charge is 2.35. The fourth-order valence-electron chi connectivity index (χ4n) is 6.62. The largest absolute Gasteiger partial charge is 0.496 e. The van der Waals surface area contributed by atoms with E-state index in [1.54, 1.807) is 13.3 Å². The van der Waals surface area contributed by atoms with Gasteiger partial charge in [-0.1, -0.05) is 48.6 Å². The van der Waals surface area contributed by atoms with Gasteiger partial charge >= 0.3 is 0 Å². The number of aromatic nitrogens is 3. The molecular weight excluding hydrogens is 514 g/mol. The van der Waals surface area contributed by atoms with E-state index >= 15 is 0 Å². The van der Waals surface area contributed by atoms with E-state index in [9.17, 15) is 9.90 Å². The van der Waals surface area contributed by atoms with Gasteiger partial charge in [0.05, 0.1) is 13.2 Å². The molecule has 3 atom stereocenters. The number of methoxy groups -OCH3 is 1. The molecule has 41 heavy (non-hydrogen) atoms. The molecule has 2 aromatic carbocycles. The summed E-state index contributed by atoms with van der Waals surface area (Å²) < 4.78 is 7.87. The fraction of sp³-hybridized carbons (Fsp3) is 0.364. The summed E-state index contributed by atoms with van der Waals surface area (Å²) in [6.07, 6.45) is 12.4. The van der Waals surface area contributed by atoms with Crippen molar-refractivity contribution in [3.05, 3.63) is 89.5 Å². The topological polar surface area (TPSA) is 106 Å². The number of anilines is 1. The quantitative estimate of drug-likeness (QED) is 0.322. The third-order valence-electron chi connectivity index (χ3n) is 9.07. The normalized spacial score (nSPS) is 22.0. The molecule has 8 heteroatoms. The van der Waals surface area contributed by atoms with Crippen LogP contribution in [0.2, 0.25) is 0 Å². The lowest BCUT2D eigenvalue weighted by molar-refractivity contribution is -0.133. The summed E-state index contributed by atoms with van der Waals surface area (Å²) in [5.41, 5.74) is 10.2. The molecule has 0 spiro atoms. The standard InChI is InChI=1S/C33H35N5O3/c1-33(40,24-6-3-5-21(17-24)20-9-10-20)26-14-12-22(18-27(26)41-2)29-30-31(34)35-15-16-37(30)32(36-29)23-11-13-25-7-4-8-28(39)38(25)19-23/h3-7,12,14-18,20,23,25,40H,8-11,13,19H2,1-2H3,(H2,34,35)/t23-,25-,33+/m1/s1. The number of rotatable bonds is 6. The number of imidazole rings is 1. The van der Waals surface area contributed by atoms with Crippen molar-refractivity contribution in [2.24, 2.45) is 0 Å². The number of nitrogens with zero attached hydrogens (tertiary/aromatic N) is 4. The lowest BCUT2D eigenvalue weighted by Crippen LogP contribution is -2.47. The SMILES string of the molecule is COc1cc(-c2nc([C@@H]3CC[C@H]4C=CCC(=O)N4C3)n3ccnc(N)c23)ccc1[C@@](C)(O)c1cccc(C2CC2)c1. The van der Waals surface area contributed by atoms with Crippen molar-refractivity contribution < 1.29 is 14.6 Å². The zero-order valence-electron chi connectivity index (χ0n) is 23.5. The zero-order valence-corrected chi connectivity index (χ0v) is 23.5. The first-order chi connectivity index (χ1) is 19.8. The van der Waals surface area contributed by atoms with Gasteiger partial charge in [-0.15, -0.1) is 0 Å². The van der Waals surface area contributed by atoms with Crippen molar-refractivity contribution >= 4 is 17.2 Å². The minimum absolute atomic E-state index is 0.0744. The summed E-state index contributed by atoms with van der Waals surface area (Å²) in [4.78, 5) is 24.2. The van der Waals surface area contributed by atoms with Gasteiger partial charge in [-0.05, 0) is 55.7 Å². The Balaban J connectivity index is 1.28. The van der Waals surface area contributed by atoms with Crippen molar-refractivity contribution in [2.45, 2.75) is 62.5 Å². The van der Waals surface area contributed by atoms with Gasteiger partial charge in [0.25, 0.3) is 0 Å². The van der Waals surface area contributed by atoms with Crippen LogP contribution in [0, 0.1) is 0 Å². The number of fused-ring (bicyclic) bond motifs is 2. The number of ether oxygens (including phenoxy) is 1. The van der Waals surface area contributed by atoms with Crippen LogP contribution < -0.4 is 10.5 Å². The summed E-state index contributed by atoms with van der Waals surface area (Å²) in [6.45, 7) is 2.44. The molecule has 3 aliphatic rings. The minimum Gasteiger partial charge on any atom is -0.496 e. The predicted octanol–water partition coefficient (Wildman–Crippen LogP) is 5.15. The van der Waals surface area contributed by atoms with E-state index in [2.05, 4.69) is 23.2 Å². The molecule has 2 aromatic heterocycles. The highest BCUT2D eigenvalue weighted by Crippen LogP contribution is 2.44. The molecule has 1 saturated heterocycles. The molecule has 1 amide bonds. The van der Waals surface area contributed by atoms with Crippen molar-refractivity contribution in [3.8, 4) is 17.0 Å². The van der Waals surface area contributed by atoms with Crippen molar-refractivity contribution in [1.29, 1.82) is 0 Å². The van der Waals surface area contributed by atoms with Crippen LogP contribution in [0.15, 0.2) is 67.0 Å². The van der Waals surface area contributed by atoms with Gasteiger partial charge in [0.15, 0.2) is 0 Å². The number of amides is 1. The van der Waals surface area contributed by atoms with Gasteiger partial charge in [-0.2, -0.15) is 0 Å². The van der Waals surface area contributed by atoms with Crippen molar-refractivity contribution in [2.75, 3.05) is 19.4 Å². The molecule has 210 valence electrons. The molecule has 4 heterocycles. The van der Waals surface area contributed by atoms with Gasteiger partial charge < -0.3 is 20.5 Å². The number of nitrogens with two attached hydrogens (primary N) is 1. The second-order valence-corrected chi connectivity index (χ2v) is 11.8. The molecule has 7 rings (SSSR count). The lowest BCUT2D eigenvalue weighted by Gasteiger charge is -2.39. The van der Waals surface area contributed by atoms with Crippen LogP contribution in [-0.2, 0) is 10.4 Å². The third kappa shape index (κ3) is 4.37. The molecular formula is C33H35N5O3. The highest BCUT2D eigenvalue weighted by molar-refractivity contribution is 5.86. The van der Waals surface area contributed by atoms with Crippen molar-refractivity contribution in [3.63, 3.8) is 0 Å². The van der Waals surface area contributed by atoms with Crippen LogP contribution in [0.5, 0.6) is 5.75 Å². The fourth-order valence-corrected chi connectivity index (χ4v) is 6.62. The summed E-state index contributed by atoms with van der Waals surface area (Å²) in [6, 6.07) is 14.2. The van der Waals surface area contributed by atoms with Crippen LogP contribution in [0.4, 0.5) is 5.82 Å². The molecule has 0 radical (unpaired) electrons. The Labute approximate surface area is 239 Å². The van der Waals surface area contributed by atoms with Gasteiger partial charge in [-0.3, -0.25) is 9.20 Å². The van der Waals surface area contributed by atoms with Crippen LogP contribution in [0.25, 0.3) is 16.8 Å². The van der Waals surface area contributed by atoms with E-state index in [0.717, 1.165) is 35.3 Å². The number of nitrogen functional groups attached to an aromatic ring is 1. The second-order valence-electron chi connectivity index (χ2n) is 11.8. The number of hydrogen-bond acceptors (Lipinski definition) is 6. The predicted molar refractivity (Wildman–Crippen MR) is 158 cm³/mol. The minimum atomic E-state index is -1.25. The molecule has 2 aliphatic heterocycles. The first-order valence-corrected chi connectivity index (χ1v) is 14.5. The van der Waals surface area contributed by atoms with Crippen LogP contribution >= 0.6 is 0 Å². The van der Waals surface area contributed by atoms with Crippen LogP contribution in [0.1, 0.15) is 73.4 Å². The summed E-state index contributed by atoms with van der Waals surface area (Å²) in [7, 11) is 1.62.